The Kier molecular flexibility index (Phi) is 6.49. The predicted octanol–water partition coefficient (Wildman–Crippen LogP) is 3.30. The standard InChI is InChI=1S/C16H23F2N3S/c1-19-16(21-13-4-3-5-14(9-13)22-2)20-10-11-8-12(17)6-7-15(11)18/h6-8,13-14H,3-5,9-10H2,1-2H3,(H2,19,20,21). The molecule has 122 valence electrons. The molecule has 1 aliphatic rings. The van der Waals surface area contributed by atoms with Gasteiger partial charge in [-0.2, -0.15) is 11.8 Å². The van der Waals surface area contributed by atoms with E-state index < -0.39 is 11.6 Å². The average Bonchev–Trinajstić information content (AvgIpc) is 2.54. The topological polar surface area (TPSA) is 36.4 Å². The van der Waals surface area contributed by atoms with E-state index in [1.54, 1.807) is 7.05 Å². The molecule has 0 aliphatic heterocycles. The third-order valence-electron chi connectivity index (χ3n) is 3.98. The van der Waals surface area contributed by atoms with Crippen LogP contribution in [0.25, 0.3) is 0 Å². The van der Waals surface area contributed by atoms with Crippen molar-refractivity contribution in [3.8, 4) is 0 Å². The van der Waals surface area contributed by atoms with E-state index in [0.717, 1.165) is 25.0 Å². The second-order valence-electron chi connectivity index (χ2n) is 5.53. The smallest absolute Gasteiger partial charge is 0.191 e. The maximum atomic E-state index is 13.6. The summed E-state index contributed by atoms with van der Waals surface area (Å²) < 4.78 is 26.8. The van der Waals surface area contributed by atoms with Gasteiger partial charge in [-0.1, -0.05) is 6.42 Å². The van der Waals surface area contributed by atoms with Gasteiger partial charge in [-0.25, -0.2) is 8.78 Å². The molecule has 6 heteroatoms. The van der Waals surface area contributed by atoms with Crippen molar-refractivity contribution in [2.24, 2.45) is 4.99 Å². The fourth-order valence-electron chi connectivity index (χ4n) is 2.74. The predicted molar refractivity (Wildman–Crippen MR) is 89.3 cm³/mol. The highest BCUT2D eigenvalue weighted by Gasteiger charge is 2.21. The number of thioether (sulfide) groups is 1. The van der Waals surface area contributed by atoms with Crippen LogP contribution in [-0.4, -0.2) is 30.6 Å². The van der Waals surface area contributed by atoms with Gasteiger partial charge in [-0.3, -0.25) is 4.99 Å². The average molecular weight is 327 g/mol. The first-order chi connectivity index (χ1) is 10.6. The second-order valence-corrected chi connectivity index (χ2v) is 6.67. The summed E-state index contributed by atoms with van der Waals surface area (Å²) in [5.41, 5.74) is 0.300. The number of aliphatic imine (C=N–C) groups is 1. The molecule has 1 aliphatic carbocycles. The Morgan fingerprint density at radius 1 is 1.36 bits per heavy atom. The number of halogens is 2. The van der Waals surface area contributed by atoms with Gasteiger partial charge in [0.2, 0.25) is 0 Å². The molecule has 2 rings (SSSR count). The number of benzene rings is 1. The Hall–Kier alpha value is -1.30. The van der Waals surface area contributed by atoms with Crippen LogP contribution in [0.3, 0.4) is 0 Å². The Balaban J connectivity index is 1.88. The number of rotatable bonds is 4. The minimum atomic E-state index is -0.434. The van der Waals surface area contributed by atoms with Crippen LogP contribution in [0.5, 0.6) is 0 Å². The molecular weight excluding hydrogens is 304 g/mol. The molecule has 1 fully saturated rings. The van der Waals surface area contributed by atoms with Gasteiger partial charge in [0.05, 0.1) is 0 Å². The summed E-state index contributed by atoms with van der Waals surface area (Å²) in [7, 11) is 1.69. The third-order valence-corrected chi connectivity index (χ3v) is 5.07. The van der Waals surface area contributed by atoms with Crippen LogP contribution >= 0.6 is 11.8 Å². The van der Waals surface area contributed by atoms with Gasteiger partial charge in [0.1, 0.15) is 11.6 Å². The fraction of sp³-hybridized carbons (Fsp3) is 0.562. The van der Waals surface area contributed by atoms with Crippen molar-refractivity contribution in [3.05, 3.63) is 35.4 Å². The molecule has 0 amide bonds. The molecule has 22 heavy (non-hydrogen) atoms. The van der Waals surface area contributed by atoms with Crippen LogP contribution < -0.4 is 10.6 Å². The van der Waals surface area contributed by atoms with Gasteiger partial charge in [-0.15, -0.1) is 0 Å². The number of guanidine groups is 1. The van der Waals surface area contributed by atoms with E-state index in [1.807, 2.05) is 11.8 Å². The van der Waals surface area contributed by atoms with Crippen LogP contribution in [0.15, 0.2) is 23.2 Å². The molecule has 3 nitrogen and oxygen atoms in total. The highest BCUT2D eigenvalue weighted by Crippen LogP contribution is 2.26. The molecule has 2 unspecified atom stereocenters. The molecular formula is C16H23F2N3S. The number of nitrogens with zero attached hydrogens (tertiary/aromatic N) is 1. The van der Waals surface area contributed by atoms with Crippen molar-refractivity contribution in [2.45, 2.75) is 43.5 Å². The Morgan fingerprint density at radius 3 is 2.91 bits per heavy atom. The monoisotopic (exact) mass is 327 g/mol. The molecule has 1 aromatic rings. The number of hydrogen-bond donors (Lipinski definition) is 2. The van der Waals surface area contributed by atoms with E-state index in [1.165, 1.54) is 18.9 Å². The Morgan fingerprint density at radius 2 is 2.18 bits per heavy atom. The van der Waals surface area contributed by atoms with Crippen LogP contribution in [0.4, 0.5) is 8.78 Å². The first-order valence-corrected chi connectivity index (χ1v) is 8.85. The highest BCUT2D eigenvalue weighted by atomic mass is 32.2. The van der Waals surface area contributed by atoms with E-state index in [9.17, 15) is 8.78 Å². The zero-order chi connectivity index (χ0) is 15.9. The van der Waals surface area contributed by atoms with Gasteiger partial charge in [0.25, 0.3) is 0 Å². The zero-order valence-electron chi connectivity index (χ0n) is 13.0. The molecule has 2 N–H and O–H groups in total. The van der Waals surface area contributed by atoms with Crippen LogP contribution in [0.2, 0.25) is 0 Å². The van der Waals surface area contributed by atoms with Crippen molar-refractivity contribution >= 4 is 17.7 Å². The largest absolute Gasteiger partial charge is 0.354 e. The lowest BCUT2D eigenvalue weighted by Crippen LogP contribution is -2.45. The van der Waals surface area contributed by atoms with E-state index in [0.29, 0.717) is 22.8 Å². The summed E-state index contributed by atoms with van der Waals surface area (Å²) in [6, 6.07) is 3.86. The minimum absolute atomic E-state index is 0.210. The summed E-state index contributed by atoms with van der Waals surface area (Å²) in [5, 5.41) is 7.13. The molecule has 0 saturated heterocycles. The third kappa shape index (κ3) is 4.87. The maximum absolute atomic E-state index is 13.6. The molecule has 0 aromatic heterocycles. The molecule has 0 heterocycles. The first kappa shape index (κ1) is 17.1. The zero-order valence-corrected chi connectivity index (χ0v) is 13.9. The first-order valence-electron chi connectivity index (χ1n) is 7.56. The van der Waals surface area contributed by atoms with Gasteiger partial charge in [-0.05, 0) is 43.7 Å². The lowest BCUT2D eigenvalue weighted by molar-refractivity contribution is 0.419. The van der Waals surface area contributed by atoms with Crippen molar-refractivity contribution in [1.82, 2.24) is 10.6 Å². The maximum Gasteiger partial charge on any atom is 0.191 e. The minimum Gasteiger partial charge on any atom is -0.354 e. The quantitative estimate of drug-likeness (QED) is 0.658. The van der Waals surface area contributed by atoms with Gasteiger partial charge < -0.3 is 10.6 Å². The number of hydrogen-bond acceptors (Lipinski definition) is 2. The fourth-order valence-corrected chi connectivity index (χ4v) is 3.56. The molecule has 0 spiro atoms. The SMILES string of the molecule is CN=C(NCc1cc(F)ccc1F)NC1CCCC(SC)C1. The van der Waals surface area contributed by atoms with Gasteiger partial charge in [0, 0.05) is 30.4 Å². The molecule has 2 atom stereocenters. The Bertz CT molecular complexity index is 522. The Labute approximate surface area is 135 Å². The van der Waals surface area contributed by atoms with Crippen molar-refractivity contribution in [1.29, 1.82) is 0 Å². The second kappa shape index (κ2) is 8.36. The summed E-state index contributed by atoms with van der Waals surface area (Å²) in [4.78, 5) is 4.17. The lowest BCUT2D eigenvalue weighted by Gasteiger charge is -2.29. The molecule has 1 saturated carbocycles. The van der Waals surface area contributed by atoms with Crippen LogP contribution in [-0.2, 0) is 6.54 Å². The number of nitrogens with one attached hydrogen (secondary N) is 2. The van der Waals surface area contributed by atoms with Crippen molar-refractivity contribution in [3.63, 3.8) is 0 Å². The molecule has 0 radical (unpaired) electrons. The van der Waals surface area contributed by atoms with Gasteiger partial charge >= 0.3 is 0 Å². The normalized spacial score (nSPS) is 22.5. The summed E-state index contributed by atoms with van der Waals surface area (Å²) in [6.45, 7) is 0.210. The summed E-state index contributed by atoms with van der Waals surface area (Å²) in [5.74, 6) is -0.212. The van der Waals surface area contributed by atoms with E-state index in [4.69, 9.17) is 0 Å². The van der Waals surface area contributed by atoms with E-state index in [2.05, 4.69) is 21.9 Å². The van der Waals surface area contributed by atoms with Crippen molar-refractivity contribution < 1.29 is 8.78 Å². The van der Waals surface area contributed by atoms with Crippen LogP contribution in [0.1, 0.15) is 31.2 Å². The lowest BCUT2D eigenvalue weighted by atomic mass is 9.95. The summed E-state index contributed by atoms with van der Waals surface area (Å²) in [6.07, 6.45) is 6.84. The highest BCUT2D eigenvalue weighted by molar-refractivity contribution is 7.99. The molecule has 1 aromatic carbocycles. The van der Waals surface area contributed by atoms with Gasteiger partial charge in [0.15, 0.2) is 5.96 Å². The molecule has 0 bridgehead atoms. The van der Waals surface area contributed by atoms with Crippen LogP contribution in [0, 0.1) is 11.6 Å². The van der Waals surface area contributed by atoms with E-state index >= 15 is 0 Å². The van der Waals surface area contributed by atoms with E-state index in [-0.39, 0.29) is 6.54 Å². The summed E-state index contributed by atoms with van der Waals surface area (Å²) >= 11 is 1.91. The van der Waals surface area contributed by atoms with Crippen molar-refractivity contribution in [2.75, 3.05) is 13.3 Å².